The number of amides is 1. The number of hydrogen-bond acceptors (Lipinski definition) is 3. The molecule has 1 aliphatic carbocycles. The van der Waals surface area contributed by atoms with Gasteiger partial charge in [0, 0.05) is 23.3 Å². The summed E-state index contributed by atoms with van der Waals surface area (Å²) in [4.78, 5) is 12.9. The number of alkyl halides is 2. The normalized spacial score (nSPS) is 18.5. The van der Waals surface area contributed by atoms with Crippen LogP contribution in [0.5, 0.6) is 0 Å². The Morgan fingerprint density at radius 2 is 2.06 bits per heavy atom. The third kappa shape index (κ3) is 5.25. The standard InChI is InChI=1S/C24H26ClF2N3O/c1-2-3-21-20-7-6-19(11-17(20)12-28-21)30-23(24(31)29-13-22(26)27)16-8-15(14-4-5-14)9-18(25)10-16/h2,6-11,14,21-23,28,30H,1,3-5,12-13H2,(H,29,31)/t21-,23+/m1/s1. The summed E-state index contributed by atoms with van der Waals surface area (Å²) in [5.41, 5.74) is 4.87. The molecule has 0 bridgehead atoms. The Kier molecular flexibility index (Phi) is 6.58. The molecule has 0 spiro atoms. The molecular formula is C24H26ClF2N3O. The second-order valence-corrected chi connectivity index (χ2v) is 8.61. The van der Waals surface area contributed by atoms with Gasteiger partial charge in [0.15, 0.2) is 0 Å². The van der Waals surface area contributed by atoms with Gasteiger partial charge >= 0.3 is 0 Å². The van der Waals surface area contributed by atoms with E-state index in [1.807, 2.05) is 36.4 Å². The Morgan fingerprint density at radius 1 is 1.26 bits per heavy atom. The summed E-state index contributed by atoms with van der Waals surface area (Å²) >= 11 is 6.33. The van der Waals surface area contributed by atoms with E-state index in [1.165, 1.54) is 5.56 Å². The fraction of sp³-hybridized carbons (Fsp3) is 0.375. The molecule has 1 fully saturated rings. The van der Waals surface area contributed by atoms with Gasteiger partial charge in [-0.2, -0.15) is 0 Å². The predicted octanol–water partition coefficient (Wildman–Crippen LogP) is 5.47. The second-order valence-electron chi connectivity index (χ2n) is 8.18. The highest BCUT2D eigenvalue weighted by atomic mass is 35.5. The Balaban J connectivity index is 1.61. The van der Waals surface area contributed by atoms with Gasteiger partial charge in [0.2, 0.25) is 5.91 Å². The van der Waals surface area contributed by atoms with Gasteiger partial charge in [0.25, 0.3) is 6.43 Å². The highest BCUT2D eigenvalue weighted by Crippen LogP contribution is 2.42. The van der Waals surface area contributed by atoms with Crippen molar-refractivity contribution in [2.45, 2.75) is 50.2 Å². The molecule has 7 heteroatoms. The lowest BCUT2D eigenvalue weighted by Crippen LogP contribution is -2.36. The van der Waals surface area contributed by atoms with Gasteiger partial charge in [0.1, 0.15) is 6.04 Å². The van der Waals surface area contributed by atoms with Crippen LogP contribution in [0.15, 0.2) is 49.1 Å². The molecule has 4 nitrogen and oxygen atoms in total. The van der Waals surface area contributed by atoms with Crippen LogP contribution >= 0.6 is 11.6 Å². The smallest absolute Gasteiger partial charge is 0.255 e. The van der Waals surface area contributed by atoms with Crippen LogP contribution in [0.25, 0.3) is 0 Å². The van der Waals surface area contributed by atoms with Crippen LogP contribution in [-0.2, 0) is 11.3 Å². The topological polar surface area (TPSA) is 53.2 Å². The lowest BCUT2D eigenvalue weighted by molar-refractivity contribution is -0.122. The van der Waals surface area contributed by atoms with Gasteiger partial charge in [-0.15, -0.1) is 6.58 Å². The fourth-order valence-electron chi connectivity index (χ4n) is 4.11. The molecule has 2 atom stereocenters. The van der Waals surface area contributed by atoms with Gasteiger partial charge in [-0.25, -0.2) is 8.78 Å². The molecule has 0 saturated heterocycles. The van der Waals surface area contributed by atoms with Crippen molar-refractivity contribution >= 4 is 23.2 Å². The van der Waals surface area contributed by atoms with Gasteiger partial charge in [-0.1, -0.05) is 29.8 Å². The third-order valence-electron chi connectivity index (χ3n) is 5.79. The van der Waals surface area contributed by atoms with Crippen molar-refractivity contribution in [1.29, 1.82) is 0 Å². The Bertz CT molecular complexity index is 977. The Labute approximate surface area is 186 Å². The zero-order valence-electron chi connectivity index (χ0n) is 17.1. The highest BCUT2D eigenvalue weighted by molar-refractivity contribution is 6.30. The van der Waals surface area contributed by atoms with Crippen LogP contribution in [0.1, 0.15) is 59.5 Å². The van der Waals surface area contributed by atoms with Crippen LogP contribution in [0.2, 0.25) is 5.02 Å². The van der Waals surface area contributed by atoms with E-state index >= 15 is 0 Å². The van der Waals surface area contributed by atoms with E-state index in [1.54, 1.807) is 6.07 Å². The SMILES string of the molecule is C=CC[C@H]1NCc2cc(N[C@H](C(=O)NCC(F)F)c3cc(Cl)cc(C4CC4)c3)ccc21. The molecule has 0 unspecified atom stereocenters. The molecule has 31 heavy (non-hydrogen) atoms. The fourth-order valence-corrected chi connectivity index (χ4v) is 4.36. The van der Waals surface area contributed by atoms with E-state index in [9.17, 15) is 13.6 Å². The minimum atomic E-state index is -2.61. The summed E-state index contributed by atoms with van der Waals surface area (Å²) in [5.74, 6) is -0.0532. The van der Waals surface area contributed by atoms with Crippen molar-refractivity contribution in [1.82, 2.24) is 10.6 Å². The molecule has 2 aliphatic rings. The van der Waals surface area contributed by atoms with Crippen LogP contribution in [0, 0.1) is 0 Å². The van der Waals surface area contributed by atoms with Crippen molar-refractivity contribution in [3.05, 3.63) is 76.3 Å². The molecule has 1 amide bonds. The predicted molar refractivity (Wildman–Crippen MR) is 120 cm³/mol. The first-order valence-corrected chi connectivity index (χ1v) is 10.9. The molecule has 2 aromatic carbocycles. The number of anilines is 1. The van der Waals surface area contributed by atoms with Crippen LogP contribution in [0.3, 0.4) is 0 Å². The lowest BCUT2D eigenvalue weighted by Gasteiger charge is -2.22. The maximum Gasteiger partial charge on any atom is 0.255 e. The van der Waals surface area contributed by atoms with E-state index < -0.39 is 24.9 Å². The highest BCUT2D eigenvalue weighted by Gasteiger charge is 2.28. The molecule has 1 aliphatic heterocycles. The van der Waals surface area contributed by atoms with Crippen molar-refractivity contribution in [2.24, 2.45) is 0 Å². The summed E-state index contributed by atoms with van der Waals surface area (Å²) < 4.78 is 25.4. The second kappa shape index (κ2) is 9.37. The molecule has 2 aromatic rings. The van der Waals surface area contributed by atoms with E-state index in [4.69, 9.17) is 11.6 Å². The maximum atomic E-state index is 12.9. The van der Waals surface area contributed by atoms with Crippen molar-refractivity contribution in [2.75, 3.05) is 11.9 Å². The number of carbonyl (C=O) groups excluding carboxylic acids is 1. The molecule has 3 N–H and O–H groups in total. The van der Waals surface area contributed by atoms with E-state index in [0.29, 0.717) is 16.5 Å². The molecule has 1 saturated carbocycles. The van der Waals surface area contributed by atoms with Gasteiger partial charge < -0.3 is 16.0 Å². The zero-order chi connectivity index (χ0) is 22.0. The average molecular weight is 446 g/mol. The molecular weight excluding hydrogens is 420 g/mol. The number of benzene rings is 2. The first-order chi connectivity index (χ1) is 14.9. The van der Waals surface area contributed by atoms with Crippen LogP contribution < -0.4 is 16.0 Å². The lowest BCUT2D eigenvalue weighted by atomic mass is 9.99. The van der Waals surface area contributed by atoms with Crippen molar-refractivity contribution < 1.29 is 13.6 Å². The number of fused-ring (bicyclic) bond motifs is 1. The Morgan fingerprint density at radius 3 is 2.77 bits per heavy atom. The average Bonchev–Trinajstić information content (AvgIpc) is 3.52. The van der Waals surface area contributed by atoms with E-state index in [0.717, 1.165) is 42.6 Å². The van der Waals surface area contributed by atoms with E-state index in [-0.39, 0.29) is 6.04 Å². The summed E-state index contributed by atoms with van der Waals surface area (Å²) in [5, 5.41) is 9.57. The largest absolute Gasteiger partial charge is 0.370 e. The Hall–Kier alpha value is -2.44. The number of hydrogen-bond donors (Lipinski definition) is 3. The van der Waals surface area contributed by atoms with Crippen LogP contribution in [0.4, 0.5) is 14.5 Å². The zero-order valence-corrected chi connectivity index (χ0v) is 17.9. The molecule has 0 radical (unpaired) electrons. The van der Waals surface area contributed by atoms with E-state index in [2.05, 4.69) is 22.5 Å². The summed E-state index contributed by atoms with van der Waals surface area (Å²) in [6.07, 6.45) is 2.31. The number of nitrogens with one attached hydrogen (secondary N) is 3. The number of halogens is 3. The first-order valence-electron chi connectivity index (χ1n) is 10.5. The summed E-state index contributed by atoms with van der Waals surface area (Å²) in [7, 11) is 0. The van der Waals surface area contributed by atoms with Crippen molar-refractivity contribution in [3.8, 4) is 0 Å². The monoisotopic (exact) mass is 445 g/mol. The third-order valence-corrected chi connectivity index (χ3v) is 6.01. The minimum Gasteiger partial charge on any atom is -0.370 e. The first kappa shape index (κ1) is 21.8. The molecule has 164 valence electrons. The summed E-state index contributed by atoms with van der Waals surface area (Å²) in [6, 6.07) is 11.0. The molecule has 1 heterocycles. The van der Waals surface area contributed by atoms with Gasteiger partial charge in [0.05, 0.1) is 6.54 Å². The molecule has 4 rings (SSSR count). The van der Waals surface area contributed by atoms with Gasteiger partial charge in [-0.05, 0) is 71.7 Å². The number of rotatable bonds is 9. The molecule has 0 aromatic heterocycles. The quantitative estimate of drug-likeness (QED) is 0.448. The van der Waals surface area contributed by atoms with Crippen molar-refractivity contribution in [3.63, 3.8) is 0 Å². The van der Waals surface area contributed by atoms with Gasteiger partial charge in [-0.3, -0.25) is 4.79 Å². The number of carbonyl (C=O) groups is 1. The summed E-state index contributed by atoms with van der Waals surface area (Å²) in [6.45, 7) is 3.85. The maximum absolute atomic E-state index is 12.9. The minimum absolute atomic E-state index is 0.237. The van der Waals surface area contributed by atoms with Crippen LogP contribution in [-0.4, -0.2) is 18.9 Å².